The maximum absolute atomic E-state index is 13.1. The molecule has 0 radical (unpaired) electrons. The Morgan fingerprint density at radius 1 is 1.18 bits per heavy atom. The highest BCUT2D eigenvalue weighted by Crippen LogP contribution is 2.44. The highest BCUT2D eigenvalue weighted by atomic mass is 35.5. The van der Waals surface area contributed by atoms with Gasteiger partial charge in [0.25, 0.3) is 5.91 Å². The number of para-hydroxylation sites is 1. The zero-order valence-electron chi connectivity index (χ0n) is 18.8. The summed E-state index contributed by atoms with van der Waals surface area (Å²) in [6.45, 7) is 0. The average Bonchev–Trinajstić information content (AvgIpc) is 3.73. The normalized spacial score (nSPS) is 22.5. The number of H-pyrrole nitrogens is 1. The summed E-state index contributed by atoms with van der Waals surface area (Å²) < 4.78 is 0. The van der Waals surface area contributed by atoms with Crippen LogP contribution in [0.25, 0.3) is 10.9 Å². The van der Waals surface area contributed by atoms with Gasteiger partial charge in [0.1, 0.15) is 17.8 Å². The van der Waals surface area contributed by atoms with Crippen molar-refractivity contribution in [1.82, 2.24) is 20.9 Å². The summed E-state index contributed by atoms with van der Waals surface area (Å²) in [5.74, 6) is -0.728. The zero-order valence-corrected chi connectivity index (χ0v) is 19.6. The van der Waals surface area contributed by atoms with Crippen molar-refractivity contribution in [3.8, 4) is 6.07 Å². The number of fused-ring (bicyclic) bond motifs is 1. The summed E-state index contributed by atoms with van der Waals surface area (Å²) in [5.41, 5.74) is 0.980. The van der Waals surface area contributed by atoms with Gasteiger partial charge in [-0.05, 0) is 56.6 Å². The number of aromatic amines is 1. The third-order valence-electron chi connectivity index (χ3n) is 7.31. The molecule has 3 aliphatic rings. The Hall–Kier alpha value is -3.05. The quantitative estimate of drug-likeness (QED) is 0.461. The van der Waals surface area contributed by atoms with E-state index in [1.807, 2.05) is 12.1 Å². The molecule has 178 valence electrons. The summed E-state index contributed by atoms with van der Waals surface area (Å²) in [6.07, 6.45) is 6.53. The lowest BCUT2D eigenvalue weighted by Gasteiger charge is -2.30. The molecule has 3 amide bonds. The van der Waals surface area contributed by atoms with Gasteiger partial charge in [0.15, 0.2) is 0 Å². The van der Waals surface area contributed by atoms with E-state index in [4.69, 9.17) is 11.6 Å². The largest absolute Gasteiger partial charge is 0.350 e. The molecule has 1 aromatic heterocycles. The monoisotopic (exact) mass is 481 g/mol. The summed E-state index contributed by atoms with van der Waals surface area (Å²) in [7, 11) is 0. The van der Waals surface area contributed by atoms with Crippen LogP contribution in [0.1, 0.15) is 61.9 Å². The van der Waals surface area contributed by atoms with Gasteiger partial charge < -0.3 is 20.9 Å². The number of amides is 3. The SMILES string of the molecule is N#C[C@H](C[C@@H]1CCC2(CC2)NC1=O)NC(=O)[C@H](CC1CC1)NC(=O)c1cc2cccc(Cl)c2[nH]1. The van der Waals surface area contributed by atoms with Crippen molar-refractivity contribution in [1.29, 1.82) is 5.26 Å². The summed E-state index contributed by atoms with van der Waals surface area (Å²) >= 11 is 6.20. The van der Waals surface area contributed by atoms with Gasteiger partial charge in [-0.25, -0.2) is 0 Å². The van der Waals surface area contributed by atoms with E-state index >= 15 is 0 Å². The Kier molecular flexibility index (Phi) is 5.98. The van der Waals surface area contributed by atoms with Crippen molar-refractivity contribution >= 4 is 40.2 Å². The minimum atomic E-state index is -0.790. The Bertz CT molecular complexity index is 1180. The third-order valence-corrected chi connectivity index (χ3v) is 7.63. The number of rotatable bonds is 8. The Labute approximate surface area is 202 Å². The number of hydrogen-bond acceptors (Lipinski definition) is 4. The van der Waals surface area contributed by atoms with Gasteiger partial charge in [-0.2, -0.15) is 5.26 Å². The van der Waals surface area contributed by atoms with Crippen LogP contribution in [0.2, 0.25) is 5.02 Å². The molecule has 4 N–H and O–H groups in total. The molecule has 5 rings (SSSR count). The topological polar surface area (TPSA) is 127 Å². The first-order chi connectivity index (χ1) is 16.4. The molecule has 3 atom stereocenters. The first kappa shape index (κ1) is 22.7. The number of nitriles is 1. The molecule has 2 aliphatic carbocycles. The van der Waals surface area contributed by atoms with Crippen LogP contribution >= 0.6 is 11.6 Å². The van der Waals surface area contributed by atoms with Gasteiger partial charge in [-0.1, -0.05) is 36.6 Å². The van der Waals surface area contributed by atoms with Crippen molar-refractivity contribution in [2.45, 2.75) is 69.0 Å². The lowest BCUT2D eigenvalue weighted by atomic mass is 9.87. The molecular weight excluding hydrogens is 454 g/mol. The van der Waals surface area contributed by atoms with Gasteiger partial charge in [0.05, 0.1) is 16.6 Å². The minimum absolute atomic E-state index is 0.00847. The lowest BCUT2D eigenvalue weighted by molar-refractivity contribution is -0.129. The molecule has 0 bridgehead atoms. The number of aromatic nitrogens is 1. The van der Waals surface area contributed by atoms with Crippen LogP contribution in [0, 0.1) is 23.2 Å². The van der Waals surface area contributed by atoms with Crippen LogP contribution in [-0.2, 0) is 9.59 Å². The fraction of sp³-hybridized carbons (Fsp3) is 0.520. The molecule has 2 heterocycles. The molecular formula is C25H28ClN5O3. The highest BCUT2D eigenvalue weighted by molar-refractivity contribution is 6.35. The molecule has 1 aromatic carbocycles. The average molecular weight is 482 g/mol. The van der Waals surface area contributed by atoms with E-state index in [-0.39, 0.29) is 23.8 Å². The van der Waals surface area contributed by atoms with Crippen molar-refractivity contribution in [2.24, 2.45) is 11.8 Å². The van der Waals surface area contributed by atoms with Gasteiger partial charge in [0.2, 0.25) is 11.8 Å². The van der Waals surface area contributed by atoms with Gasteiger partial charge in [-0.3, -0.25) is 14.4 Å². The van der Waals surface area contributed by atoms with Crippen LogP contribution in [0.15, 0.2) is 24.3 Å². The second-order valence-corrected chi connectivity index (χ2v) is 10.4. The molecule has 8 nitrogen and oxygen atoms in total. The summed E-state index contributed by atoms with van der Waals surface area (Å²) in [6, 6.07) is 7.68. The molecule has 1 aliphatic heterocycles. The van der Waals surface area contributed by atoms with E-state index in [2.05, 4.69) is 27.0 Å². The molecule has 1 saturated heterocycles. The van der Waals surface area contributed by atoms with E-state index in [1.54, 1.807) is 12.1 Å². The van der Waals surface area contributed by atoms with Crippen LogP contribution < -0.4 is 16.0 Å². The van der Waals surface area contributed by atoms with Gasteiger partial charge in [-0.15, -0.1) is 0 Å². The van der Waals surface area contributed by atoms with Crippen LogP contribution in [-0.4, -0.2) is 40.3 Å². The predicted molar refractivity (Wildman–Crippen MR) is 127 cm³/mol. The molecule has 34 heavy (non-hydrogen) atoms. The van der Waals surface area contributed by atoms with E-state index < -0.39 is 23.9 Å². The Morgan fingerprint density at radius 2 is 1.97 bits per heavy atom. The number of nitrogens with one attached hydrogen (secondary N) is 4. The van der Waals surface area contributed by atoms with E-state index in [0.717, 1.165) is 43.9 Å². The minimum Gasteiger partial charge on any atom is -0.350 e. The van der Waals surface area contributed by atoms with E-state index in [1.165, 1.54) is 0 Å². The Morgan fingerprint density at radius 3 is 2.62 bits per heavy atom. The van der Waals surface area contributed by atoms with E-state index in [0.29, 0.717) is 28.6 Å². The first-order valence-electron chi connectivity index (χ1n) is 12.0. The van der Waals surface area contributed by atoms with Crippen LogP contribution in [0.3, 0.4) is 0 Å². The van der Waals surface area contributed by atoms with Gasteiger partial charge >= 0.3 is 0 Å². The molecule has 2 saturated carbocycles. The molecule has 0 unspecified atom stereocenters. The number of carbonyl (C=O) groups excluding carboxylic acids is 3. The smallest absolute Gasteiger partial charge is 0.268 e. The highest BCUT2D eigenvalue weighted by Gasteiger charge is 2.48. The molecule has 2 aromatic rings. The number of nitrogens with zero attached hydrogens (tertiary/aromatic N) is 1. The molecule has 9 heteroatoms. The molecule has 1 spiro atoms. The van der Waals surface area contributed by atoms with Crippen molar-refractivity contribution in [3.63, 3.8) is 0 Å². The van der Waals surface area contributed by atoms with Crippen molar-refractivity contribution < 1.29 is 14.4 Å². The maximum atomic E-state index is 13.1. The molecule has 3 fully saturated rings. The second kappa shape index (κ2) is 8.95. The maximum Gasteiger partial charge on any atom is 0.268 e. The standard InChI is InChI=1S/C25H28ClN5O3/c26-18-3-1-2-15-12-20(29-21(15)18)24(34)30-19(10-14-4-5-14)23(33)28-17(13-27)11-16-6-7-25(8-9-25)31-22(16)32/h1-3,12,14,16-17,19,29H,4-11H2,(H,28,33)(H,30,34)(H,31,32)/t16-,17-,19-/m0/s1. The lowest BCUT2D eigenvalue weighted by Crippen LogP contribution is -2.51. The summed E-state index contributed by atoms with van der Waals surface area (Å²) in [5, 5.41) is 19.7. The zero-order chi connectivity index (χ0) is 23.9. The fourth-order valence-electron chi connectivity index (χ4n) is 4.85. The Balaban J connectivity index is 1.23. The predicted octanol–water partition coefficient (Wildman–Crippen LogP) is 3.18. The number of carbonyl (C=O) groups is 3. The summed E-state index contributed by atoms with van der Waals surface area (Å²) in [4.78, 5) is 41.5. The van der Waals surface area contributed by atoms with Crippen molar-refractivity contribution in [2.75, 3.05) is 0 Å². The fourth-order valence-corrected chi connectivity index (χ4v) is 5.08. The third kappa shape index (κ3) is 4.90. The van der Waals surface area contributed by atoms with Gasteiger partial charge in [0, 0.05) is 16.8 Å². The van der Waals surface area contributed by atoms with Crippen LogP contribution in [0.4, 0.5) is 0 Å². The number of piperidine rings is 1. The number of benzene rings is 1. The van der Waals surface area contributed by atoms with Crippen molar-refractivity contribution in [3.05, 3.63) is 35.0 Å². The number of halogens is 1. The number of hydrogen-bond donors (Lipinski definition) is 4. The first-order valence-corrected chi connectivity index (χ1v) is 12.3. The second-order valence-electron chi connectivity index (χ2n) is 10.0. The van der Waals surface area contributed by atoms with E-state index in [9.17, 15) is 19.6 Å². The van der Waals surface area contributed by atoms with Crippen LogP contribution in [0.5, 0.6) is 0 Å².